The second kappa shape index (κ2) is 5.68. The summed E-state index contributed by atoms with van der Waals surface area (Å²) in [5, 5.41) is 5.55. The molecule has 4 amide bonds. The first-order chi connectivity index (χ1) is 10.9. The molecule has 23 heavy (non-hydrogen) atoms. The maximum absolute atomic E-state index is 12.8. The number of urea groups is 1. The first-order valence-corrected chi connectivity index (χ1v) is 7.93. The molecule has 122 valence electrons. The number of carbonyl (C=O) groups is 3. The quantitative estimate of drug-likeness (QED) is 0.818. The van der Waals surface area contributed by atoms with Crippen LogP contribution in [0, 0.1) is 5.92 Å². The Bertz CT molecular complexity index is 671. The van der Waals surface area contributed by atoms with Crippen LogP contribution in [0.2, 0.25) is 0 Å². The number of imide groups is 1. The Morgan fingerprint density at radius 1 is 1.35 bits per heavy atom. The van der Waals surface area contributed by atoms with E-state index >= 15 is 0 Å². The summed E-state index contributed by atoms with van der Waals surface area (Å²) in [6.07, 6.45) is 1.29. The molecule has 2 aliphatic rings. The topological polar surface area (TPSA) is 78.5 Å². The van der Waals surface area contributed by atoms with Gasteiger partial charge in [-0.15, -0.1) is 0 Å². The summed E-state index contributed by atoms with van der Waals surface area (Å²) in [6, 6.07) is 7.15. The molecule has 0 radical (unpaired) electrons. The van der Waals surface area contributed by atoms with Crippen molar-refractivity contribution in [2.24, 2.45) is 5.92 Å². The maximum Gasteiger partial charge on any atom is 0.325 e. The van der Waals surface area contributed by atoms with E-state index in [-0.39, 0.29) is 18.4 Å². The van der Waals surface area contributed by atoms with Crippen molar-refractivity contribution in [1.82, 2.24) is 15.5 Å². The van der Waals surface area contributed by atoms with Gasteiger partial charge in [0.1, 0.15) is 12.1 Å². The van der Waals surface area contributed by atoms with E-state index in [1.807, 2.05) is 38.1 Å². The highest BCUT2D eigenvalue weighted by Crippen LogP contribution is 2.41. The molecule has 0 bridgehead atoms. The largest absolute Gasteiger partial charge is 0.354 e. The zero-order valence-corrected chi connectivity index (χ0v) is 13.4. The summed E-state index contributed by atoms with van der Waals surface area (Å²) in [7, 11) is 0. The molecule has 1 spiro atoms. The minimum Gasteiger partial charge on any atom is -0.354 e. The second-order valence-corrected chi connectivity index (χ2v) is 6.58. The number of amides is 4. The number of hydrogen-bond donors (Lipinski definition) is 2. The minimum absolute atomic E-state index is 0.235. The van der Waals surface area contributed by atoms with Gasteiger partial charge in [0.15, 0.2) is 0 Å². The second-order valence-electron chi connectivity index (χ2n) is 6.58. The van der Waals surface area contributed by atoms with Crippen molar-refractivity contribution in [3.05, 3.63) is 35.4 Å². The van der Waals surface area contributed by atoms with E-state index in [9.17, 15) is 14.4 Å². The van der Waals surface area contributed by atoms with Gasteiger partial charge in [-0.3, -0.25) is 14.5 Å². The van der Waals surface area contributed by atoms with Crippen molar-refractivity contribution in [2.45, 2.75) is 32.2 Å². The lowest BCUT2D eigenvalue weighted by Gasteiger charge is -2.22. The van der Waals surface area contributed by atoms with Gasteiger partial charge in [0.2, 0.25) is 5.91 Å². The van der Waals surface area contributed by atoms with Gasteiger partial charge >= 0.3 is 6.03 Å². The molecule has 1 heterocycles. The number of fused-ring (bicyclic) bond motifs is 2. The van der Waals surface area contributed by atoms with E-state index in [1.54, 1.807) is 0 Å². The summed E-state index contributed by atoms with van der Waals surface area (Å²) >= 11 is 0. The fourth-order valence-electron chi connectivity index (χ4n) is 3.25. The van der Waals surface area contributed by atoms with E-state index in [0.29, 0.717) is 18.9 Å². The van der Waals surface area contributed by atoms with E-state index in [1.165, 1.54) is 0 Å². The van der Waals surface area contributed by atoms with Crippen molar-refractivity contribution in [1.29, 1.82) is 0 Å². The highest BCUT2D eigenvalue weighted by Gasteiger charge is 2.55. The van der Waals surface area contributed by atoms with Gasteiger partial charge in [0, 0.05) is 6.54 Å². The monoisotopic (exact) mass is 315 g/mol. The highest BCUT2D eigenvalue weighted by atomic mass is 16.2. The molecule has 6 heteroatoms. The molecular weight excluding hydrogens is 294 g/mol. The normalized spacial score (nSPS) is 22.7. The molecule has 2 N–H and O–H groups in total. The van der Waals surface area contributed by atoms with Gasteiger partial charge in [-0.1, -0.05) is 38.1 Å². The number of nitrogens with zero attached hydrogens (tertiary/aromatic N) is 1. The van der Waals surface area contributed by atoms with Crippen LogP contribution >= 0.6 is 0 Å². The molecular formula is C17H21N3O3. The van der Waals surface area contributed by atoms with E-state index in [0.717, 1.165) is 22.4 Å². The van der Waals surface area contributed by atoms with Gasteiger partial charge in [-0.25, -0.2) is 4.79 Å². The first kappa shape index (κ1) is 15.5. The lowest BCUT2D eigenvalue weighted by Crippen LogP contribution is -2.44. The van der Waals surface area contributed by atoms with Crippen molar-refractivity contribution in [2.75, 3.05) is 13.1 Å². The third-order valence-electron chi connectivity index (χ3n) is 4.43. The average molecular weight is 315 g/mol. The van der Waals surface area contributed by atoms with Crippen molar-refractivity contribution >= 4 is 17.8 Å². The van der Waals surface area contributed by atoms with Crippen LogP contribution in [0.3, 0.4) is 0 Å². The number of aryl methyl sites for hydroxylation is 1. The Labute approximate surface area is 135 Å². The zero-order chi connectivity index (χ0) is 16.6. The third kappa shape index (κ3) is 2.58. The predicted molar refractivity (Wildman–Crippen MR) is 84.5 cm³/mol. The lowest BCUT2D eigenvalue weighted by atomic mass is 9.92. The van der Waals surface area contributed by atoms with Crippen LogP contribution < -0.4 is 10.6 Å². The lowest BCUT2D eigenvalue weighted by molar-refractivity contribution is -0.135. The smallest absolute Gasteiger partial charge is 0.325 e. The fourth-order valence-corrected chi connectivity index (χ4v) is 3.25. The van der Waals surface area contributed by atoms with Crippen LogP contribution in [-0.4, -0.2) is 35.8 Å². The van der Waals surface area contributed by atoms with Crippen LogP contribution in [0.25, 0.3) is 0 Å². The predicted octanol–water partition coefficient (Wildman–Crippen LogP) is 1.15. The molecule has 0 saturated carbocycles. The Morgan fingerprint density at radius 3 is 2.83 bits per heavy atom. The van der Waals surface area contributed by atoms with Crippen LogP contribution in [0.4, 0.5) is 4.79 Å². The molecule has 1 aliphatic carbocycles. The SMILES string of the molecule is CC(C)CNC(=O)CN1C(=O)N[C@]2(CCc3ccccc32)C1=O. The number of nitrogens with one attached hydrogen (secondary N) is 2. The standard InChI is InChI=1S/C17H21N3O3/c1-11(2)9-18-14(21)10-20-15(22)17(19-16(20)23)8-7-12-5-3-4-6-13(12)17/h3-6,11H,7-10H2,1-2H3,(H,18,21)(H,19,23)/t17-/m0/s1. The molecule has 6 nitrogen and oxygen atoms in total. The summed E-state index contributed by atoms with van der Waals surface area (Å²) < 4.78 is 0. The summed E-state index contributed by atoms with van der Waals surface area (Å²) in [4.78, 5) is 38.1. The Morgan fingerprint density at radius 2 is 2.09 bits per heavy atom. The zero-order valence-electron chi connectivity index (χ0n) is 13.4. The third-order valence-corrected chi connectivity index (χ3v) is 4.43. The summed E-state index contributed by atoms with van der Waals surface area (Å²) in [5.74, 6) is -0.326. The molecule has 0 unspecified atom stereocenters. The number of rotatable bonds is 4. The Hall–Kier alpha value is -2.37. The van der Waals surface area contributed by atoms with Gasteiger partial charge < -0.3 is 10.6 Å². The first-order valence-electron chi connectivity index (χ1n) is 7.93. The van der Waals surface area contributed by atoms with Crippen molar-refractivity contribution < 1.29 is 14.4 Å². The molecule has 1 atom stereocenters. The Kier molecular flexibility index (Phi) is 3.83. The van der Waals surface area contributed by atoms with Crippen molar-refractivity contribution in [3.63, 3.8) is 0 Å². The van der Waals surface area contributed by atoms with Crippen LogP contribution in [0.1, 0.15) is 31.4 Å². The molecule has 1 saturated heterocycles. The maximum atomic E-state index is 12.8. The van der Waals surface area contributed by atoms with E-state index in [2.05, 4.69) is 10.6 Å². The molecule has 1 aromatic carbocycles. The fraction of sp³-hybridized carbons (Fsp3) is 0.471. The van der Waals surface area contributed by atoms with Crippen LogP contribution in [0.5, 0.6) is 0 Å². The average Bonchev–Trinajstić information content (AvgIpc) is 3.00. The molecule has 3 rings (SSSR count). The minimum atomic E-state index is -0.994. The highest BCUT2D eigenvalue weighted by molar-refractivity contribution is 6.09. The van der Waals surface area contributed by atoms with Crippen LogP contribution in [-0.2, 0) is 21.5 Å². The molecule has 1 aliphatic heterocycles. The summed E-state index contributed by atoms with van der Waals surface area (Å²) in [6.45, 7) is 4.26. The molecule has 1 aromatic rings. The number of carbonyl (C=O) groups excluding carboxylic acids is 3. The van der Waals surface area contributed by atoms with Gasteiger partial charge in [-0.2, -0.15) is 0 Å². The van der Waals surface area contributed by atoms with Gasteiger partial charge in [-0.05, 0) is 29.9 Å². The Balaban J connectivity index is 1.78. The molecule has 1 fully saturated rings. The molecule has 0 aromatic heterocycles. The van der Waals surface area contributed by atoms with E-state index in [4.69, 9.17) is 0 Å². The van der Waals surface area contributed by atoms with E-state index < -0.39 is 11.6 Å². The van der Waals surface area contributed by atoms with Gasteiger partial charge in [0.25, 0.3) is 5.91 Å². The van der Waals surface area contributed by atoms with Gasteiger partial charge in [0.05, 0.1) is 0 Å². The van der Waals surface area contributed by atoms with Crippen LogP contribution in [0.15, 0.2) is 24.3 Å². The summed E-state index contributed by atoms with van der Waals surface area (Å²) in [5.41, 5.74) is 0.933. The number of benzene rings is 1. The van der Waals surface area contributed by atoms with Crippen molar-refractivity contribution in [3.8, 4) is 0 Å². The number of hydrogen-bond acceptors (Lipinski definition) is 3.